The fraction of sp³-hybridized carbons (Fsp3) is 0.241. The van der Waals surface area contributed by atoms with E-state index in [-0.39, 0.29) is 0 Å². The summed E-state index contributed by atoms with van der Waals surface area (Å²) >= 11 is 0. The van der Waals surface area contributed by atoms with Crippen LogP contribution in [0.15, 0.2) is 95.7 Å². The van der Waals surface area contributed by atoms with Crippen molar-refractivity contribution in [1.82, 2.24) is 14.4 Å². The highest BCUT2D eigenvalue weighted by molar-refractivity contribution is 5.85. The van der Waals surface area contributed by atoms with Crippen LogP contribution in [-0.4, -0.2) is 41.6 Å². The normalized spacial score (nSPS) is 11.9. The number of aromatic nitrogens is 1. The topological polar surface area (TPSA) is 24.6 Å². The lowest BCUT2D eigenvalue weighted by atomic mass is 10.1. The van der Waals surface area contributed by atoms with E-state index in [2.05, 4.69) is 101 Å². The summed E-state index contributed by atoms with van der Waals surface area (Å²) in [4.78, 5) is 4.81. The van der Waals surface area contributed by atoms with Crippen LogP contribution in [-0.2, 0) is 13.1 Å². The van der Waals surface area contributed by atoms with Crippen LogP contribution in [0.25, 0.3) is 27.6 Å². The lowest BCUT2D eigenvalue weighted by Crippen LogP contribution is -2.25. The smallest absolute Gasteiger partial charge is 0.134 e. The zero-order valence-electron chi connectivity index (χ0n) is 19.4. The molecule has 4 nitrogen and oxygen atoms in total. The van der Waals surface area contributed by atoms with Gasteiger partial charge in [-0.25, -0.2) is 0 Å². The fourth-order valence-corrected chi connectivity index (χ4v) is 4.68. The molecule has 0 saturated carbocycles. The van der Waals surface area contributed by atoms with Crippen LogP contribution in [0.2, 0.25) is 0 Å². The second kappa shape index (κ2) is 9.65. The van der Waals surface area contributed by atoms with E-state index in [0.717, 1.165) is 38.2 Å². The number of furan rings is 1. The Morgan fingerprint density at radius 3 is 2.12 bits per heavy atom. The molecule has 0 bridgehead atoms. The molecule has 168 valence electrons. The summed E-state index contributed by atoms with van der Waals surface area (Å²) in [7, 11) is 4.41. The van der Waals surface area contributed by atoms with E-state index < -0.39 is 0 Å². The minimum atomic E-state index is 0.908. The van der Waals surface area contributed by atoms with Gasteiger partial charge in [0, 0.05) is 41.3 Å². The van der Waals surface area contributed by atoms with Crippen LogP contribution in [0.4, 0.5) is 0 Å². The van der Waals surface area contributed by atoms with Crippen molar-refractivity contribution in [3.05, 3.63) is 102 Å². The lowest BCUT2D eigenvalue weighted by Gasteiger charge is -2.20. The van der Waals surface area contributed by atoms with E-state index in [4.69, 9.17) is 4.42 Å². The molecular weight excluding hydrogens is 406 g/mol. The Morgan fingerprint density at radius 2 is 1.33 bits per heavy atom. The van der Waals surface area contributed by atoms with Crippen LogP contribution in [0.3, 0.4) is 0 Å². The average Bonchev–Trinajstić information content (AvgIpc) is 3.41. The molecule has 4 heteroatoms. The molecule has 2 heterocycles. The molecule has 2 aromatic heterocycles. The second-order valence-electron chi connectivity index (χ2n) is 8.96. The van der Waals surface area contributed by atoms with Crippen LogP contribution in [0.1, 0.15) is 17.5 Å². The molecule has 0 atom stereocenters. The van der Waals surface area contributed by atoms with Crippen molar-refractivity contribution in [2.75, 3.05) is 27.2 Å². The van der Waals surface area contributed by atoms with Gasteiger partial charge in [-0.2, -0.15) is 0 Å². The predicted molar refractivity (Wildman–Crippen MR) is 137 cm³/mol. The maximum Gasteiger partial charge on any atom is 0.134 e. The molecule has 0 unspecified atom stereocenters. The van der Waals surface area contributed by atoms with E-state index in [0.29, 0.717) is 0 Å². The molecule has 0 radical (unpaired) electrons. The number of benzene rings is 3. The van der Waals surface area contributed by atoms with Gasteiger partial charge in [-0.3, -0.25) is 0 Å². The molecule has 5 aromatic rings. The summed E-state index contributed by atoms with van der Waals surface area (Å²) < 4.78 is 8.00. The van der Waals surface area contributed by atoms with Crippen LogP contribution < -0.4 is 0 Å². The van der Waals surface area contributed by atoms with Crippen LogP contribution in [0.5, 0.6) is 0 Å². The van der Waals surface area contributed by atoms with Gasteiger partial charge in [0.05, 0.1) is 11.8 Å². The summed E-state index contributed by atoms with van der Waals surface area (Å²) in [5, 5.41) is 2.55. The molecular formula is C29H31N3O. The van der Waals surface area contributed by atoms with Gasteiger partial charge in [-0.05, 0) is 63.4 Å². The number of fused-ring (bicyclic) bond motifs is 2. The van der Waals surface area contributed by atoms with Gasteiger partial charge < -0.3 is 18.8 Å². The first-order valence-electron chi connectivity index (χ1n) is 11.7. The summed E-state index contributed by atoms with van der Waals surface area (Å²) in [6.07, 6.45) is 5.32. The van der Waals surface area contributed by atoms with Crippen molar-refractivity contribution in [3.63, 3.8) is 0 Å². The molecule has 0 spiro atoms. The maximum absolute atomic E-state index is 5.69. The molecule has 0 aliphatic carbocycles. The Kier molecular flexibility index (Phi) is 6.29. The van der Waals surface area contributed by atoms with E-state index in [1.165, 1.54) is 33.1 Å². The summed E-state index contributed by atoms with van der Waals surface area (Å²) in [6, 6.07) is 27.6. The average molecular weight is 438 g/mol. The fourth-order valence-electron chi connectivity index (χ4n) is 4.68. The van der Waals surface area contributed by atoms with E-state index in [1.54, 1.807) is 0 Å². The third kappa shape index (κ3) is 4.72. The predicted octanol–water partition coefficient (Wildman–Crippen LogP) is 6.33. The van der Waals surface area contributed by atoms with Crippen molar-refractivity contribution in [3.8, 4) is 5.69 Å². The van der Waals surface area contributed by atoms with Crippen molar-refractivity contribution < 1.29 is 4.42 Å². The Labute approximate surface area is 195 Å². The van der Waals surface area contributed by atoms with Crippen molar-refractivity contribution in [2.45, 2.75) is 19.5 Å². The Morgan fingerprint density at radius 1 is 0.697 bits per heavy atom. The maximum atomic E-state index is 5.69. The Hall–Kier alpha value is -3.34. The minimum Gasteiger partial charge on any atom is -0.464 e. The first kappa shape index (κ1) is 21.5. The van der Waals surface area contributed by atoms with E-state index in [9.17, 15) is 0 Å². The Bertz CT molecular complexity index is 1340. The molecule has 3 aromatic carbocycles. The van der Waals surface area contributed by atoms with Crippen LogP contribution in [0, 0.1) is 0 Å². The van der Waals surface area contributed by atoms with Gasteiger partial charge >= 0.3 is 0 Å². The number of hydrogen-bond donors (Lipinski definition) is 0. The molecule has 0 fully saturated rings. The molecule has 0 saturated heterocycles. The van der Waals surface area contributed by atoms with E-state index in [1.807, 2.05) is 18.4 Å². The highest BCUT2D eigenvalue weighted by Gasteiger charge is 2.12. The summed E-state index contributed by atoms with van der Waals surface area (Å²) in [5.41, 5.74) is 6.07. The van der Waals surface area contributed by atoms with Gasteiger partial charge in [0.1, 0.15) is 5.58 Å². The number of rotatable bonds is 9. The van der Waals surface area contributed by atoms with Crippen molar-refractivity contribution in [1.29, 1.82) is 0 Å². The quantitative estimate of drug-likeness (QED) is 0.269. The minimum absolute atomic E-state index is 0.908. The number of hydrogen-bond acceptors (Lipinski definition) is 3. The van der Waals surface area contributed by atoms with Gasteiger partial charge in [0.2, 0.25) is 0 Å². The largest absolute Gasteiger partial charge is 0.464 e. The highest BCUT2D eigenvalue weighted by Crippen LogP contribution is 2.26. The zero-order valence-corrected chi connectivity index (χ0v) is 19.4. The third-order valence-electron chi connectivity index (χ3n) is 6.35. The van der Waals surface area contributed by atoms with Gasteiger partial charge in [-0.1, -0.05) is 54.6 Å². The third-order valence-corrected chi connectivity index (χ3v) is 6.35. The first-order valence-corrected chi connectivity index (χ1v) is 11.7. The molecule has 0 amide bonds. The molecule has 0 N–H and O–H groups in total. The lowest BCUT2D eigenvalue weighted by molar-refractivity contribution is 0.270. The molecule has 33 heavy (non-hydrogen) atoms. The van der Waals surface area contributed by atoms with Gasteiger partial charge in [0.15, 0.2) is 0 Å². The van der Waals surface area contributed by atoms with Crippen molar-refractivity contribution in [2.24, 2.45) is 0 Å². The Balaban J connectivity index is 1.20. The van der Waals surface area contributed by atoms with Gasteiger partial charge in [0.25, 0.3) is 0 Å². The number of para-hydroxylation sites is 3. The molecule has 5 rings (SSSR count). The van der Waals surface area contributed by atoms with Crippen molar-refractivity contribution >= 4 is 21.9 Å². The molecule has 0 aliphatic heterocycles. The SMILES string of the molecule is CN(CCCN(C)Cc1cn(-c2ccccc2)c2ccccc12)Cc1coc2ccccc12. The van der Waals surface area contributed by atoms with Crippen LogP contribution >= 0.6 is 0 Å². The standard InChI is InChI=1S/C29H31N3O/c1-30(17-10-18-31(2)20-24-22-33-29-16-9-7-14-27(24)29)19-23-21-32(25-11-4-3-5-12-25)28-15-8-6-13-26(23)28/h3-9,11-16,21-22H,10,17-20H2,1-2H3. The van der Waals surface area contributed by atoms with E-state index >= 15 is 0 Å². The molecule has 0 aliphatic rings. The highest BCUT2D eigenvalue weighted by atomic mass is 16.3. The number of nitrogens with zero attached hydrogens (tertiary/aromatic N) is 3. The zero-order chi connectivity index (χ0) is 22.6. The first-order chi connectivity index (χ1) is 16.2. The van der Waals surface area contributed by atoms with Gasteiger partial charge in [-0.15, -0.1) is 0 Å². The second-order valence-corrected chi connectivity index (χ2v) is 8.96. The summed E-state index contributed by atoms with van der Waals surface area (Å²) in [6.45, 7) is 3.96. The summed E-state index contributed by atoms with van der Waals surface area (Å²) in [5.74, 6) is 0. The monoisotopic (exact) mass is 437 g/mol.